The summed E-state index contributed by atoms with van der Waals surface area (Å²) in [6.07, 6.45) is 5.07. The van der Waals surface area contributed by atoms with Gasteiger partial charge in [-0.1, -0.05) is 64.5 Å². The minimum atomic E-state index is -2.43. The number of nitrogens with zero attached hydrogens (tertiary/aromatic N) is 1. The standard InChI is InChI=1S/C22H26F7NO2/c1-4-5-6-7-8-9-10-11-13(22(2,3)12-14(23)24)30-32-21(31)15-16(25)18(27)20(29)19(28)17(15)26/h12H,4-11H2,1-3H3/b30-13+. The first kappa shape index (κ1) is 27.6. The van der Waals surface area contributed by atoms with E-state index in [0.717, 1.165) is 38.5 Å². The average Bonchev–Trinajstić information content (AvgIpc) is 2.71. The smallest absolute Gasteiger partial charge is 0.313 e. The van der Waals surface area contributed by atoms with E-state index in [2.05, 4.69) is 16.9 Å². The number of halogens is 7. The molecule has 0 amide bonds. The van der Waals surface area contributed by atoms with Gasteiger partial charge in [0.25, 0.3) is 6.08 Å². The lowest BCUT2D eigenvalue weighted by Crippen LogP contribution is -2.23. The molecule has 0 bridgehead atoms. The molecule has 0 aliphatic carbocycles. The second-order valence-corrected chi connectivity index (χ2v) is 7.89. The van der Waals surface area contributed by atoms with Crippen LogP contribution in [0.2, 0.25) is 0 Å². The maximum atomic E-state index is 13.8. The van der Waals surface area contributed by atoms with Gasteiger partial charge in [-0.2, -0.15) is 8.78 Å². The minimum absolute atomic E-state index is 0.0453. The van der Waals surface area contributed by atoms with Crippen LogP contribution in [-0.2, 0) is 4.84 Å². The predicted octanol–water partition coefficient (Wildman–Crippen LogP) is 7.84. The quantitative estimate of drug-likeness (QED) is 0.0595. The van der Waals surface area contributed by atoms with E-state index in [0.29, 0.717) is 12.5 Å². The van der Waals surface area contributed by atoms with Crippen LogP contribution in [0.5, 0.6) is 0 Å². The molecule has 0 heterocycles. The number of hydrogen-bond donors (Lipinski definition) is 0. The first-order valence-electron chi connectivity index (χ1n) is 10.3. The monoisotopic (exact) mass is 469 g/mol. The van der Waals surface area contributed by atoms with Gasteiger partial charge in [0.05, 0.1) is 5.71 Å². The van der Waals surface area contributed by atoms with Crippen LogP contribution < -0.4 is 0 Å². The molecular weight excluding hydrogens is 443 g/mol. The summed E-state index contributed by atoms with van der Waals surface area (Å²) in [5, 5.41) is 3.45. The van der Waals surface area contributed by atoms with Crippen LogP contribution in [0.15, 0.2) is 17.3 Å². The lowest BCUT2D eigenvalue weighted by molar-refractivity contribution is 0.0497. The van der Waals surface area contributed by atoms with E-state index in [9.17, 15) is 35.5 Å². The Morgan fingerprint density at radius 1 is 0.844 bits per heavy atom. The summed E-state index contributed by atoms with van der Waals surface area (Å²) in [6.45, 7) is 4.80. The molecule has 3 nitrogen and oxygen atoms in total. The normalized spacial score (nSPS) is 12.1. The Balaban J connectivity index is 3.05. The van der Waals surface area contributed by atoms with Crippen LogP contribution in [0.1, 0.15) is 82.5 Å². The Bertz CT molecular complexity index is 833. The van der Waals surface area contributed by atoms with E-state index in [1.54, 1.807) is 0 Å². The maximum Gasteiger partial charge on any atom is 0.371 e. The van der Waals surface area contributed by atoms with Gasteiger partial charge in [0.2, 0.25) is 5.82 Å². The molecule has 0 fully saturated rings. The molecule has 1 aromatic rings. The van der Waals surface area contributed by atoms with E-state index in [1.807, 2.05) is 0 Å². The lowest BCUT2D eigenvalue weighted by Gasteiger charge is -2.22. The molecule has 32 heavy (non-hydrogen) atoms. The lowest BCUT2D eigenvalue weighted by atomic mass is 9.84. The summed E-state index contributed by atoms with van der Waals surface area (Å²) in [6, 6.07) is 0. The number of hydrogen-bond acceptors (Lipinski definition) is 3. The van der Waals surface area contributed by atoms with Crippen LogP contribution >= 0.6 is 0 Å². The van der Waals surface area contributed by atoms with Gasteiger partial charge in [-0.25, -0.2) is 26.7 Å². The number of oxime groups is 1. The zero-order chi connectivity index (χ0) is 24.5. The van der Waals surface area contributed by atoms with Crippen LogP contribution in [0.4, 0.5) is 30.7 Å². The van der Waals surface area contributed by atoms with Crippen LogP contribution in [0.3, 0.4) is 0 Å². The fraction of sp³-hybridized carbons (Fsp3) is 0.545. The zero-order valence-electron chi connectivity index (χ0n) is 18.1. The van der Waals surface area contributed by atoms with E-state index in [1.165, 1.54) is 13.8 Å². The van der Waals surface area contributed by atoms with Crippen molar-refractivity contribution >= 4 is 11.7 Å². The van der Waals surface area contributed by atoms with Crippen LogP contribution in [-0.4, -0.2) is 11.7 Å². The van der Waals surface area contributed by atoms with Gasteiger partial charge in [0.1, 0.15) is 5.56 Å². The van der Waals surface area contributed by atoms with Crippen molar-refractivity contribution in [1.82, 2.24) is 0 Å². The molecule has 180 valence electrons. The molecule has 0 N–H and O–H groups in total. The van der Waals surface area contributed by atoms with Gasteiger partial charge in [-0.15, -0.1) is 0 Å². The molecule has 1 rings (SSSR count). The Morgan fingerprint density at radius 3 is 1.81 bits per heavy atom. The van der Waals surface area contributed by atoms with Gasteiger partial charge in [-0.05, 0) is 18.9 Å². The highest BCUT2D eigenvalue weighted by Crippen LogP contribution is 2.28. The Hall–Kier alpha value is -2.39. The van der Waals surface area contributed by atoms with Crippen molar-refractivity contribution in [3.05, 3.63) is 46.8 Å². The van der Waals surface area contributed by atoms with E-state index >= 15 is 0 Å². The Labute approximate surface area is 182 Å². The molecule has 0 atom stereocenters. The second kappa shape index (κ2) is 12.6. The first-order chi connectivity index (χ1) is 14.9. The van der Waals surface area contributed by atoms with Crippen molar-refractivity contribution in [3.63, 3.8) is 0 Å². The van der Waals surface area contributed by atoms with Crippen molar-refractivity contribution in [2.24, 2.45) is 10.6 Å². The maximum absolute atomic E-state index is 13.8. The Kier molecular flexibility index (Phi) is 10.9. The molecule has 0 saturated heterocycles. The van der Waals surface area contributed by atoms with Gasteiger partial charge >= 0.3 is 5.97 Å². The molecule has 10 heteroatoms. The summed E-state index contributed by atoms with van der Waals surface area (Å²) >= 11 is 0. The summed E-state index contributed by atoms with van der Waals surface area (Å²) < 4.78 is 93.0. The predicted molar refractivity (Wildman–Crippen MR) is 106 cm³/mol. The summed E-state index contributed by atoms with van der Waals surface area (Å²) in [4.78, 5) is 16.4. The highest BCUT2D eigenvalue weighted by molar-refractivity contribution is 5.93. The van der Waals surface area contributed by atoms with Gasteiger partial charge in [0.15, 0.2) is 23.3 Å². The molecule has 0 spiro atoms. The van der Waals surface area contributed by atoms with Crippen molar-refractivity contribution in [2.75, 3.05) is 0 Å². The fourth-order valence-corrected chi connectivity index (χ4v) is 3.02. The fourth-order valence-electron chi connectivity index (χ4n) is 3.02. The van der Waals surface area contributed by atoms with Crippen molar-refractivity contribution < 1.29 is 40.4 Å². The van der Waals surface area contributed by atoms with E-state index < -0.39 is 52.1 Å². The molecular formula is C22H26F7NO2. The van der Waals surface area contributed by atoms with Crippen molar-refractivity contribution in [2.45, 2.75) is 72.1 Å². The summed E-state index contributed by atoms with van der Waals surface area (Å²) in [5.74, 6) is -13.7. The summed E-state index contributed by atoms with van der Waals surface area (Å²) in [5.41, 5.74) is -3.25. The van der Waals surface area contributed by atoms with Crippen LogP contribution in [0.25, 0.3) is 0 Å². The van der Waals surface area contributed by atoms with Crippen molar-refractivity contribution in [1.29, 1.82) is 0 Å². The average molecular weight is 469 g/mol. The van der Waals surface area contributed by atoms with Crippen molar-refractivity contribution in [3.8, 4) is 0 Å². The minimum Gasteiger partial charge on any atom is -0.313 e. The number of benzene rings is 1. The molecule has 1 aromatic carbocycles. The highest BCUT2D eigenvalue weighted by atomic mass is 19.3. The van der Waals surface area contributed by atoms with E-state index in [4.69, 9.17) is 0 Å². The second-order valence-electron chi connectivity index (χ2n) is 7.89. The third-order valence-electron chi connectivity index (χ3n) is 4.88. The molecule has 0 aromatic heterocycles. The largest absolute Gasteiger partial charge is 0.371 e. The Morgan fingerprint density at radius 2 is 1.31 bits per heavy atom. The van der Waals surface area contributed by atoms with Gasteiger partial charge in [0, 0.05) is 5.41 Å². The number of rotatable bonds is 12. The third kappa shape index (κ3) is 7.63. The molecule has 0 aliphatic heterocycles. The molecule has 0 saturated carbocycles. The highest BCUT2D eigenvalue weighted by Gasteiger charge is 2.32. The van der Waals surface area contributed by atoms with E-state index in [-0.39, 0.29) is 12.1 Å². The summed E-state index contributed by atoms with van der Waals surface area (Å²) in [7, 11) is 0. The SMILES string of the molecule is CCCCCCCCC/C(=N\OC(=O)c1c(F)c(F)c(F)c(F)c1F)C(C)(C)C=C(F)F. The van der Waals surface area contributed by atoms with Gasteiger partial charge in [-0.3, -0.25) is 0 Å². The van der Waals surface area contributed by atoms with Crippen LogP contribution in [0, 0.1) is 34.5 Å². The molecule has 0 aliphatic rings. The molecule has 0 unspecified atom stereocenters. The zero-order valence-corrected chi connectivity index (χ0v) is 18.1. The number of allylic oxidation sites excluding steroid dienone is 1. The van der Waals surface area contributed by atoms with Gasteiger partial charge < -0.3 is 4.84 Å². The third-order valence-corrected chi connectivity index (χ3v) is 4.88. The topological polar surface area (TPSA) is 38.7 Å². The molecule has 0 radical (unpaired) electrons. The number of unbranched alkanes of at least 4 members (excludes halogenated alkanes) is 6. The first-order valence-corrected chi connectivity index (χ1v) is 10.3. The number of carbonyl (C=O) groups excluding carboxylic acids is 1. The number of carbonyl (C=O) groups is 1.